The van der Waals surface area contributed by atoms with Gasteiger partial charge in [0.25, 0.3) is 5.56 Å². The van der Waals surface area contributed by atoms with E-state index in [0.29, 0.717) is 23.1 Å². The van der Waals surface area contributed by atoms with Crippen LogP contribution in [0.1, 0.15) is 29.5 Å². The fourth-order valence-corrected chi connectivity index (χ4v) is 4.66. The molecule has 2 aromatic heterocycles. The van der Waals surface area contributed by atoms with Crippen molar-refractivity contribution in [2.45, 2.75) is 44.6 Å². The summed E-state index contributed by atoms with van der Waals surface area (Å²) < 4.78 is 45.0. The molecular weight excluding hydrogens is 421 g/mol. The number of pyridine rings is 1. The van der Waals surface area contributed by atoms with Crippen molar-refractivity contribution in [1.82, 2.24) is 19.9 Å². The molecule has 4 heterocycles. The monoisotopic (exact) mass is 444 g/mol. The SMILES string of the molecule is Cc1cc(CCN2CC3CCC(C2)O3)cc2c(=O)[nH]c(-c3cc(C(F)(F)F)ccn3)nc12. The molecule has 5 rings (SSSR count). The van der Waals surface area contributed by atoms with Crippen molar-refractivity contribution in [3.63, 3.8) is 0 Å². The van der Waals surface area contributed by atoms with Crippen molar-refractivity contribution in [3.8, 4) is 11.5 Å². The van der Waals surface area contributed by atoms with Crippen LogP contribution in [0.25, 0.3) is 22.4 Å². The Bertz CT molecular complexity index is 1210. The number of hydrogen-bond acceptors (Lipinski definition) is 5. The molecule has 1 aromatic carbocycles. The number of alkyl halides is 3. The molecule has 0 amide bonds. The number of H-pyrrole nitrogens is 1. The van der Waals surface area contributed by atoms with Gasteiger partial charge in [0, 0.05) is 25.8 Å². The number of hydrogen-bond donors (Lipinski definition) is 1. The van der Waals surface area contributed by atoms with Gasteiger partial charge in [0.1, 0.15) is 5.69 Å². The summed E-state index contributed by atoms with van der Waals surface area (Å²) in [6.45, 7) is 4.63. The van der Waals surface area contributed by atoms with Crippen molar-refractivity contribution in [2.75, 3.05) is 19.6 Å². The Kier molecular flexibility index (Phi) is 5.25. The Balaban J connectivity index is 1.42. The first-order chi connectivity index (χ1) is 15.3. The molecule has 2 atom stereocenters. The first-order valence-electron chi connectivity index (χ1n) is 10.7. The van der Waals surface area contributed by atoms with Crippen LogP contribution in [0, 0.1) is 6.92 Å². The van der Waals surface area contributed by atoms with Gasteiger partial charge in [-0.05, 0) is 55.5 Å². The predicted molar refractivity (Wildman–Crippen MR) is 113 cm³/mol. The van der Waals surface area contributed by atoms with Crippen LogP contribution in [0.15, 0.2) is 35.3 Å². The van der Waals surface area contributed by atoms with Gasteiger partial charge in [0.2, 0.25) is 0 Å². The standard InChI is InChI=1S/C23H23F3N4O2/c1-13-8-14(5-7-30-11-16-2-3-17(12-30)32-16)9-18-20(13)28-21(29-22(18)31)19-10-15(4-6-27-19)23(24,25)26/h4,6,8-10,16-17H,2-3,5,7,11-12H2,1H3,(H,28,29,31). The number of fused-ring (bicyclic) bond motifs is 3. The second-order valence-corrected chi connectivity index (χ2v) is 8.62. The summed E-state index contributed by atoms with van der Waals surface area (Å²) in [5.74, 6) is 0.0215. The van der Waals surface area contributed by atoms with E-state index in [1.54, 1.807) is 0 Å². The molecule has 0 aliphatic carbocycles. The molecule has 0 saturated carbocycles. The number of nitrogens with zero attached hydrogens (tertiary/aromatic N) is 3. The summed E-state index contributed by atoms with van der Waals surface area (Å²) >= 11 is 0. The van der Waals surface area contributed by atoms with E-state index in [-0.39, 0.29) is 11.5 Å². The molecule has 0 spiro atoms. The molecule has 2 unspecified atom stereocenters. The molecule has 6 nitrogen and oxygen atoms in total. The van der Waals surface area contributed by atoms with Gasteiger partial charge in [-0.3, -0.25) is 14.7 Å². The third-order valence-electron chi connectivity index (χ3n) is 6.23. The number of morpholine rings is 1. The van der Waals surface area contributed by atoms with Crippen molar-refractivity contribution in [2.24, 2.45) is 0 Å². The van der Waals surface area contributed by atoms with Crippen LogP contribution in [0.4, 0.5) is 13.2 Å². The summed E-state index contributed by atoms with van der Waals surface area (Å²) in [4.78, 5) is 26.2. The first-order valence-corrected chi connectivity index (χ1v) is 10.7. The Morgan fingerprint density at radius 2 is 1.94 bits per heavy atom. The van der Waals surface area contributed by atoms with E-state index in [4.69, 9.17) is 4.74 Å². The number of nitrogens with one attached hydrogen (secondary N) is 1. The molecule has 0 radical (unpaired) electrons. The van der Waals surface area contributed by atoms with Crippen LogP contribution >= 0.6 is 0 Å². The van der Waals surface area contributed by atoms with Gasteiger partial charge < -0.3 is 9.72 Å². The molecule has 9 heteroatoms. The second kappa shape index (κ2) is 7.97. The fourth-order valence-electron chi connectivity index (χ4n) is 4.66. The minimum absolute atomic E-state index is 0.0215. The topological polar surface area (TPSA) is 71.1 Å². The summed E-state index contributed by atoms with van der Waals surface area (Å²) in [6.07, 6.45) is 0.285. The van der Waals surface area contributed by atoms with E-state index in [1.165, 1.54) is 0 Å². The van der Waals surface area contributed by atoms with E-state index in [0.717, 1.165) is 68.4 Å². The lowest BCUT2D eigenvalue weighted by Crippen LogP contribution is -2.43. The number of halogens is 3. The average Bonchev–Trinajstić information content (AvgIpc) is 3.10. The number of benzene rings is 1. The van der Waals surface area contributed by atoms with Crippen molar-refractivity contribution in [3.05, 3.63) is 57.5 Å². The normalized spacial score (nSPS) is 21.4. The number of aromatic nitrogens is 3. The lowest BCUT2D eigenvalue weighted by atomic mass is 10.0. The van der Waals surface area contributed by atoms with Gasteiger partial charge in [0.05, 0.1) is 28.7 Å². The third-order valence-corrected chi connectivity index (χ3v) is 6.23. The molecule has 2 aliphatic rings. The van der Waals surface area contributed by atoms with Crippen molar-refractivity contribution < 1.29 is 17.9 Å². The van der Waals surface area contributed by atoms with Crippen LogP contribution in [0.2, 0.25) is 0 Å². The average molecular weight is 444 g/mol. The number of ether oxygens (including phenoxy) is 1. The number of likely N-dealkylation sites (tertiary alicyclic amines) is 1. The highest BCUT2D eigenvalue weighted by Crippen LogP contribution is 2.31. The highest BCUT2D eigenvalue weighted by atomic mass is 19.4. The van der Waals surface area contributed by atoms with Crippen LogP contribution in [0.5, 0.6) is 0 Å². The molecule has 2 fully saturated rings. The van der Waals surface area contributed by atoms with Crippen LogP contribution in [-0.2, 0) is 17.3 Å². The molecule has 3 aromatic rings. The first kappa shape index (κ1) is 21.1. The molecule has 1 N–H and O–H groups in total. The summed E-state index contributed by atoms with van der Waals surface area (Å²) in [5.41, 5.74) is 1.05. The zero-order chi connectivity index (χ0) is 22.5. The predicted octanol–water partition coefficient (Wildman–Crippen LogP) is 3.72. The zero-order valence-corrected chi connectivity index (χ0v) is 17.6. The molecular formula is C23H23F3N4O2. The Labute approximate surface area is 182 Å². The highest BCUT2D eigenvalue weighted by Gasteiger charge is 2.33. The third kappa shape index (κ3) is 4.14. The summed E-state index contributed by atoms with van der Waals surface area (Å²) in [7, 11) is 0. The second-order valence-electron chi connectivity index (χ2n) is 8.62. The Morgan fingerprint density at radius 1 is 1.19 bits per heavy atom. The fraction of sp³-hybridized carbons (Fsp3) is 0.435. The molecule has 168 valence electrons. The molecule has 2 saturated heterocycles. The van der Waals surface area contributed by atoms with E-state index >= 15 is 0 Å². The summed E-state index contributed by atoms with van der Waals surface area (Å²) in [6, 6.07) is 5.60. The minimum atomic E-state index is -4.50. The van der Waals surface area contributed by atoms with Gasteiger partial charge in [-0.1, -0.05) is 6.07 Å². The van der Waals surface area contributed by atoms with Gasteiger partial charge in [0.15, 0.2) is 5.82 Å². The maximum atomic E-state index is 13.0. The van der Waals surface area contributed by atoms with Gasteiger partial charge in [-0.2, -0.15) is 13.2 Å². The minimum Gasteiger partial charge on any atom is -0.372 e. The number of aryl methyl sites for hydroxylation is 1. The molecule has 2 aliphatic heterocycles. The molecule has 2 bridgehead atoms. The quantitative estimate of drug-likeness (QED) is 0.664. The Hall–Kier alpha value is -2.78. The Morgan fingerprint density at radius 3 is 2.66 bits per heavy atom. The van der Waals surface area contributed by atoms with Gasteiger partial charge >= 0.3 is 6.18 Å². The van der Waals surface area contributed by atoms with E-state index in [2.05, 4.69) is 19.9 Å². The smallest absolute Gasteiger partial charge is 0.372 e. The van der Waals surface area contributed by atoms with Crippen LogP contribution in [-0.4, -0.2) is 51.7 Å². The lowest BCUT2D eigenvalue weighted by Gasteiger charge is -2.32. The molecule has 32 heavy (non-hydrogen) atoms. The maximum Gasteiger partial charge on any atom is 0.416 e. The van der Waals surface area contributed by atoms with Crippen LogP contribution < -0.4 is 5.56 Å². The van der Waals surface area contributed by atoms with Crippen molar-refractivity contribution in [1.29, 1.82) is 0 Å². The van der Waals surface area contributed by atoms with E-state index in [1.807, 2.05) is 19.1 Å². The lowest BCUT2D eigenvalue weighted by molar-refractivity contribution is -0.137. The number of rotatable bonds is 4. The van der Waals surface area contributed by atoms with E-state index in [9.17, 15) is 18.0 Å². The maximum absolute atomic E-state index is 13.0. The van der Waals surface area contributed by atoms with Crippen LogP contribution in [0.3, 0.4) is 0 Å². The zero-order valence-electron chi connectivity index (χ0n) is 17.6. The van der Waals surface area contributed by atoms with Gasteiger partial charge in [-0.15, -0.1) is 0 Å². The summed E-state index contributed by atoms with van der Waals surface area (Å²) in [5, 5.41) is 0.428. The van der Waals surface area contributed by atoms with E-state index < -0.39 is 17.3 Å². The van der Waals surface area contributed by atoms with Gasteiger partial charge in [-0.25, -0.2) is 4.98 Å². The van der Waals surface area contributed by atoms with Crippen molar-refractivity contribution >= 4 is 10.9 Å². The number of aromatic amines is 1. The highest BCUT2D eigenvalue weighted by molar-refractivity contribution is 5.83. The largest absolute Gasteiger partial charge is 0.416 e.